The van der Waals surface area contributed by atoms with E-state index in [2.05, 4.69) is 18.3 Å². The SMILES string of the molecule is CCC(C)NC(=O)c1c(C2CC2)c(-c2ccc(C#N)cc2)nn1C(C)C. The first kappa shape index (κ1) is 18.2. The van der Waals surface area contributed by atoms with Crippen molar-refractivity contribution in [2.75, 3.05) is 0 Å². The van der Waals surface area contributed by atoms with Crippen LogP contribution in [0.3, 0.4) is 0 Å². The Morgan fingerprint density at radius 1 is 1.31 bits per heavy atom. The Bertz CT molecular complexity index is 838. The number of carbonyl (C=O) groups is 1. The second kappa shape index (κ2) is 7.33. The van der Waals surface area contributed by atoms with Gasteiger partial charge in [0.1, 0.15) is 5.69 Å². The molecule has 1 N–H and O–H groups in total. The fourth-order valence-electron chi connectivity index (χ4n) is 3.12. The number of rotatable bonds is 6. The van der Waals surface area contributed by atoms with E-state index in [9.17, 15) is 4.79 Å². The van der Waals surface area contributed by atoms with Crippen LogP contribution < -0.4 is 5.32 Å². The van der Waals surface area contributed by atoms with E-state index in [0.29, 0.717) is 17.2 Å². The molecule has 2 aromatic rings. The maximum atomic E-state index is 13.0. The van der Waals surface area contributed by atoms with Crippen molar-refractivity contribution in [1.29, 1.82) is 5.26 Å². The van der Waals surface area contributed by atoms with Crippen molar-refractivity contribution in [2.45, 2.75) is 65.0 Å². The minimum Gasteiger partial charge on any atom is -0.348 e. The predicted octanol–water partition coefficient (Wildman–Crippen LogP) is 4.41. The Morgan fingerprint density at radius 3 is 2.46 bits per heavy atom. The molecule has 1 aliphatic carbocycles. The smallest absolute Gasteiger partial charge is 0.270 e. The fourth-order valence-corrected chi connectivity index (χ4v) is 3.12. The van der Waals surface area contributed by atoms with Crippen molar-refractivity contribution in [2.24, 2.45) is 0 Å². The van der Waals surface area contributed by atoms with Crippen LogP contribution in [0.4, 0.5) is 0 Å². The van der Waals surface area contributed by atoms with Gasteiger partial charge in [0.15, 0.2) is 0 Å². The first-order valence-corrected chi connectivity index (χ1v) is 9.40. The third-order valence-electron chi connectivity index (χ3n) is 4.91. The molecule has 0 spiro atoms. The first-order valence-electron chi connectivity index (χ1n) is 9.40. The second-order valence-corrected chi connectivity index (χ2v) is 7.40. The normalized spacial score (nSPS) is 14.9. The Balaban J connectivity index is 2.12. The van der Waals surface area contributed by atoms with E-state index in [0.717, 1.165) is 36.1 Å². The Kier molecular flexibility index (Phi) is 5.13. The van der Waals surface area contributed by atoms with Crippen molar-refractivity contribution in [1.82, 2.24) is 15.1 Å². The number of nitriles is 1. The molecule has 1 aromatic carbocycles. The summed E-state index contributed by atoms with van der Waals surface area (Å²) in [6.07, 6.45) is 3.08. The molecule has 5 heteroatoms. The largest absolute Gasteiger partial charge is 0.348 e. The molecular formula is C21H26N4O. The molecule has 0 saturated heterocycles. The van der Waals surface area contributed by atoms with E-state index in [4.69, 9.17) is 10.4 Å². The molecule has 1 saturated carbocycles. The third-order valence-corrected chi connectivity index (χ3v) is 4.91. The maximum absolute atomic E-state index is 13.0. The van der Waals surface area contributed by atoms with Crippen LogP contribution in [0.2, 0.25) is 0 Å². The van der Waals surface area contributed by atoms with E-state index in [-0.39, 0.29) is 18.0 Å². The summed E-state index contributed by atoms with van der Waals surface area (Å²) in [5, 5.41) is 17.0. The van der Waals surface area contributed by atoms with Crippen LogP contribution in [0.25, 0.3) is 11.3 Å². The molecule has 1 heterocycles. The predicted molar refractivity (Wildman–Crippen MR) is 102 cm³/mol. The van der Waals surface area contributed by atoms with E-state index < -0.39 is 0 Å². The van der Waals surface area contributed by atoms with Crippen LogP contribution in [0.1, 0.15) is 80.5 Å². The average Bonchev–Trinajstić information content (AvgIpc) is 3.40. The van der Waals surface area contributed by atoms with Gasteiger partial charge in [-0.3, -0.25) is 9.48 Å². The molecule has 136 valence electrons. The summed E-state index contributed by atoms with van der Waals surface area (Å²) < 4.78 is 1.86. The molecule has 1 atom stereocenters. The summed E-state index contributed by atoms with van der Waals surface area (Å²) in [4.78, 5) is 13.0. The molecule has 0 bridgehead atoms. The minimum absolute atomic E-state index is 0.0395. The summed E-state index contributed by atoms with van der Waals surface area (Å²) in [6.45, 7) is 8.18. The fraction of sp³-hybridized carbons (Fsp3) is 0.476. The lowest BCUT2D eigenvalue weighted by molar-refractivity contribution is 0.0925. The average molecular weight is 350 g/mol. The van der Waals surface area contributed by atoms with Gasteiger partial charge in [-0.05, 0) is 58.1 Å². The number of benzene rings is 1. The molecule has 1 aliphatic rings. The molecule has 5 nitrogen and oxygen atoms in total. The zero-order valence-electron chi connectivity index (χ0n) is 15.9. The summed E-state index contributed by atoms with van der Waals surface area (Å²) in [6, 6.07) is 9.83. The van der Waals surface area contributed by atoms with Gasteiger partial charge in [-0.1, -0.05) is 19.1 Å². The molecular weight excluding hydrogens is 324 g/mol. The maximum Gasteiger partial charge on any atom is 0.270 e. The van der Waals surface area contributed by atoms with Crippen LogP contribution in [0.15, 0.2) is 24.3 Å². The second-order valence-electron chi connectivity index (χ2n) is 7.40. The topological polar surface area (TPSA) is 70.7 Å². The number of aromatic nitrogens is 2. The molecule has 1 fully saturated rings. The van der Waals surface area contributed by atoms with E-state index >= 15 is 0 Å². The number of hydrogen-bond donors (Lipinski definition) is 1. The molecule has 0 aliphatic heterocycles. The van der Waals surface area contributed by atoms with E-state index in [1.807, 2.05) is 37.6 Å². The minimum atomic E-state index is -0.0395. The lowest BCUT2D eigenvalue weighted by atomic mass is 10.0. The summed E-state index contributed by atoms with van der Waals surface area (Å²) in [7, 11) is 0. The molecule has 1 amide bonds. The highest BCUT2D eigenvalue weighted by Gasteiger charge is 2.36. The molecule has 26 heavy (non-hydrogen) atoms. The van der Waals surface area contributed by atoms with Gasteiger partial charge in [0.25, 0.3) is 5.91 Å². The van der Waals surface area contributed by atoms with Crippen molar-refractivity contribution in [3.8, 4) is 17.3 Å². The zero-order chi connectivity index (χ0) is 18.8. The number of carbonyl (C=O) groups excluding carboxylic acids is 1. The molecule has 1 unspecified atom stereocenters. The monoisotopic (exact) mass is 350 g/mol. The zero-order valence-corrected chi connectivity index (χ0v) is 15.9. The Labute approximate surface area is 155 Å². The lowest BCUT2D eigenvalue weighted by Crippen LogP contribution is -2.34. The van der Waals surface area contributed by atoms with Gasteiger partial charge in [-0.25, -0.2) is 0 Å². The highest BCUT2D eigenvalue weighted by Crippen LogP contribution is 2.46. The van der Waals surface area contributed by atoms with Crippen LogP contribution >= 0.6 is 0 Å². The van der Waals surface area contributed by atoms with Crippen molar-refractivity contribution in [3.05, 3.63) is 41.1 Å². The van der Waals surface area contributed by atoms with E-state index in [1.165, 1.54) is 0 Å². The highest BCUT2D eigenvalue weighted by atomic mass is 16.2. The van der Waals surface area contributed by atoms with Gasteiger partial charge < -0.3 is 5.32 Å². The first-order chi connectivity index (χ1) is 12.5. The van der Waals surface area contributed by atoms with Gasteiger partial charge in [0.05, 0.1) is 17.3 Å². The van der Waals surface area contributed by atoms with Crippen molar-refractivity contribution >= 4 is 5.91 Å². The van der Waals surface area contributed by atoms with Crippen molar-refractivity contribution in [3.63, 3.8) is 0 Å². The quantitative estimate of drug-likeness (QED) is 0.839. The van der Waals surface area contributed by atoms with Gasteiger partial charge in [0.2, 0.25) is 0 Å². The van der Waals surface area contributed by atoms with Crippen LogP contribution in [-0.2, 0) is 0 Å². The third kappa shape index (κ3) is 3.50. The van der Waals surface area contributed by atoms with Crippen LogP contribution in [0.5, 0.6) is 0 Å². The van der Waals surface area contributed by atoms with Gasteiger partial charge >= 0.3 is 0 Å². The number of nitrogens with zero attached hydrogens (tertiary/aromatic N) is 3. The Morgan fingerprint density at radius 2 is 1.96 bits per heavy atom. The van der Waals surface area contributed by atoms with Crippen molar-refractivity contribution < 1.29 is 4.79 Å². The number of nitrogens with one attached hydrogen (secondary N) is 1. The lowest BCUT2D eigenvalue weighted by Gasteiger charge is -2.15. The van der Waals surface area contributed by atoms with Crippen LogP contribution in [-0.4, -0.2) is 21.7 Å². The summed E-state index contributed by atoms with van der Waals surface area (Å²) in [5.41, 5.74) is 4.22. The Hall–Kier alpha value is -2.61. The number of hydrogen-bond acceptors (Lipinski definition) is 3. The molecule has 1 aromatic heterocycles. The van der Waals surface area contributed by atoms with Gasteiger partial charge in [-0.2, -0.15) is 10.4 Å². The van der Waals surface area contributed by atoms with Gasteiger partial charge in [-0.15, -0.1) is 0 Å². The molecule has 3 rings (SSSR count). The summed E-state index contributed by atoms with van der Waals surface area (Å²) >= 11 is 0. The molecule has 0 radical (unpaired) electrons. The summed E-state index contributed by atoms with van der Waals surface area (Å²) in [5.74, 6) is 0.355. The van der Waals surface area contributed by atoms with Gasteiger partial charge in [0, 0.05) is 23.2 Å². The highest BCUT2D eigenvalue weighted by molar-refractivity contribution is 5.96. The standard InChI is InChI=1S/C21H26N4O/c1-5-14(4)23-21(26)20-18(16-10-11-16)19(24-25(20)13(2)3)17-8-6-15(12-22)7-9-17/h6-9,13-14,16H,5,10-11H2,1-4H3,(H,23,26). The van der Waals surface area contributed by atoms with Crippen LogP contribution in [0, 0.1) is 11.3 Å². The number of amides is 1. The van der Waals surface area contributed by atoms with E-state index in [1.54, 1.807) is 12.1 Å².